The highest BCUT2D eigenvalue weighted by Gasteiger charge is 2.14. The molecule has 1 aromatic rings. The molecule has 0 heterocycles. The molecule has 0 aliphatic carbocycles. The molecule has 3 N–H and O–H groups in total. The smallest absolute Gasteiger partial charge is 0.294 e. The Bertz CT molecular complexity index is 478. The number of primary amides is 1. The van der Waals surface area contributed by atoms with Gasteiger partial charge in [-0.3, -0.25) is 9.35 Å². The number of hydrogen-bond acceptors (Lipinski definition) is 3. The zero-order valence-electron chi connectivity index (χ0n) is 7.39. The SMILES string of the molecule is Cc1ccc(C(N)=O)cc1S(=O)(=O)O. The van der Waals surface area contributed by atoms with Crippen molar-refractivity contribution in [3.05, 3.63) is 29.3 Å². The second kappa shape index (κ2) is 3.39. The first-order valence-electron chi connectivity index (χ1n) is 3.70. The highest BCUT2D eigenvalue weighted by atomic mass is 32.2. The molecule has 1 aromatic carbocycles. The zero-order chi connectivity index (χ0) is 10.9. The van der Waals surface area contributed by atoms with Crippen LogP contribution >= 0.6 is 0 Å². The summed E-state index contributed by atoms with van der Waals surface area (Å²) in [5, 5.41) is 0. The fourth-order valence-electron chi connectivity index (χ4n) is 1.03. The number of amides is 1. The van der Waals surface area contributed by atoms with Crippen molar-refractivity contribution in [2.45, 2.75) is 11.8 Å². The van der Waals surface area contributed by atoms with Crippen LogP contribution in [0, 0.1) is 6.92 Å². The van der Waals surface area contributed by atoms with Crippen LogP contribution in [0.25, 0.3) is 0 Å². The predicted octanol–water partition coefficient (Wildman–Crippen LogP) is 0.341. The summed E-state index contributed by atoms with van der Waals surface area (Å²) in [5.74, 6) is -0.741. The van der Waals surface area contributed by atoms with Gasteiger partial charge >= 0.3 is 0 Å². The molecule has 0 spiro atoms. The minimum absolute atomic E-state index is 0.0447. The highest BCUT2D eigenvalue weighted by molar-refractivity contribution is 7.85. The van der Waals surface area contributed by atoms with Crippen LogP contribution in [0.15, 0.2) is 23.1 Å². The standard InChI is InChI=1S/C8H9NO4S/c1-5-2-3-6(8(9)10)4-7(5)14(11,12)13/h2-4H,1H3,(H2,9,10)(H,11,12,13). The molecule has 0 radical (unpaired) electrons. The molecule has 76 valence electrons. The number of carbonyl (C=O) groups excluding carboxylic acids is 1. The summed E-state index contributed by atoms with van der Waals surface area (Å²) in [7, 11) is -4.30. The molecule has 0 saturated heterocycles. The average Bonchev–Trinajstić information content (AvgIpc) is 2.02. The van der Waals surface area contributed by atoms with E-state index in [1.54, 1.807) is 0 Å². The minimum atomic E-state index is -4.30. The topological polar surface area (TPSA) is 97.5 Å². The summed E-state index contributed by atoms with van der Waals surface area (Å²) in [4.78, 5) is 10.4. The van der Waals surface area contributed by atoms with E-state index in [1.165, 1.54) is 19.1 Å². The lowest BCUT2D eigenvalue weighted by atomic mass is 10.1. The van der Waals surface area contributed by atoms with Crippen molar-refractivity contribution in [3.63, 3.8) is 0 Å². The van der Waals surface area contributed by atoms with E-state index in [0.717, 1.165) is 6.07 Å². The Morgan fingerprint density at radius 2 is 2.00 bits per heavy atom. The van der Waals surface area contributed by atoms with Crippen LogP contribution in [0.4, 0.5) is 0 Å². The summed E-state index contributed by atoms with van der Waals surface area (Å²) in [5.41, 5.74) is 5.36. The third kappa shape index (κ3) is 2.09. The van der Waals surface area contributed by atoms with Gasteiger partial charge in [0.25, 0.3) is 10.1 Å². The number of nitrogens with two attached hydrogens (primary N) is 1. The van der Waals surface area contributed by atoms with Crippen molar-refractivity contribution in [2.24, 2.45) is 5.73 Å². The molecule has 0 aliphatic heterocycles. The molecular weight excluding hydrogens is 206 g/mol. The Hall–Kier alpha value is -1.40. The number of carbonyl (C=O) groups is 1. The van der Waals surface area contributed by atoms with Gasteiger partial charge in [0.2, 0.25) is 5.91 Å². The summed E-state index contributed by atoms with van der Waals surface area (Å²) in [6, 6.07) is 3.85. The van der Waals surface area contributed by atoms with Crippen LogP contribution in [0.3, 0.4) is 0 Å². The molecule has 0 aliphatic rings. The van der Waals surface area contributed by atoms with E-state index in [9.17, 15) is 13.2 Å². The first kappa shape index (κ1) is 10.7. The summed E-state index contributed by atoms with van der Waals surface area (Å²) < 4.78 is 30.5. The van der Waals surface area contributed by atoms with E-state index in [1.807, 2.05) is 0 Å². The van der Waals surface area contributed by atoms with Gasteiger partial charge in [-0.15, -0.1) is 0 Å². The first-order valence-corrected chi connectivity index (χ1v) is 5.14. The first-order chi connectivity index (χ1) is 6.32. The maximum absolute atomic E-state index is 10.8. The van der Waals surface area contributed by atoms with Gasteiger partial charge in [0.05, 0.1) is 4.90 Å². The van der Waals surface area contributed by atoms with Gasteiger partial charge in [-0.05, 0) is 24.6 Å². The molecule has 0 fully saturated rings. The normalized spacial score (nSPS) is 11.3. The number of hydrogen-bond donors (Lipinski definition) is 2. The number of benzene rings is 1. The maximum Gasteiger partial charge on any atom is 0.294 e. The Kier molecular flexibility index (Phi) is 2.59. The Balaban J connectivity index is 3.44. The largest absolute Gasteiger partial charge is 0.366 e. The lowest BCUT2D eigenvalue weighted by Gasteiger charge is -2.03. The van der Waals surface area contributed by atoms with Crippen molar-refractivity contribution in [3.8, 4) is 0 Å². The number of rotatable bonds is 2. The van der Waals surface area contributed by atoms with Crippen molar-refractivity contribution in [1.29, 1.82) is 0 Å². The summed E-state index contributed by atoms with van der Waals surface area (Å²) >= 11 is 0. The van der Waals surface area contributed by atoms with Crippen molar-refractivity contribution in [1.82, 2.24) is 0 Å². The van der Waals surface area contributed by atoms with E-state index in [4.69, 9.17) is 10.3 Å². The Morgan fingerprint density at radius 3 is 2.43 bits per heavy atom. The minimum Gasteiger partial charge on any atom is -0.366 e. The van der Waals surface area contributed by atoms with Crippen LogP contribution < -0.4 is 5.73 Å². The van der Waals surface area contributed by atoms with Crippen LogP contribution in [0.1, 0.15) is 15.9 Å². The van der Waals surface area contributed by atoms with Crippen LogP contribution in [-0.2, 0) is 10.1 Å². The van der Waals surface area contributed by atoms with Crippen molar-refractivity contribution >= 4 is 16.0 Å². The highest BCUT2D eigenvalue weighted by Crippen LogP contribution is 2.16. The lowest BCUT2D eigenvalue weighted by molar-refractivity contribution is 0.1000. The van der Waals surface area contributed by atoms with Crippen molar-refractivity contribution < 1.29 is 17.8 Å². The molecular formula is C8H9NO4S. The fraction of sp³-hybridized carbons (Fsp3) is 0.125. The zero-order valence-corrected chi connectivity index (χ0v) is 8.21. The molecule has 1 amide bonds. The van der Waals surface area contributed by atoms with E-state index in [0.29, 0.717) is 5.56 Å². The van der Waals surface area contributed by atoms with Gasteiger partial charge in [0.1, 0.15) is 0 Å². The molecule has 0 saturated carbocycles. The predicted molar refractivity (Wildman–Crippen MR) is 49.5 cm³/mol. The number of aryl methyl sites for hydroxylation is 1. The Morgan fingerprint density at radius 1 is 1.43 bits per heavy atom. The van der Waals surface area contributed by atoms with E-state index >= 15 is 0 Å². The molecule has 6 heteroatoms. The van der Waals surface area contributed by atoms with E-state index < -0.39 is 16.0 Å². The molecule has 0 bridgehead atoms. The summed E-state index contributed by atoms with van der Waals surface area (Å²) in [6.07, 6.45) is 0. The third-order valence-electron chi connectivity index (χ3n) is 1.75. The maximum atomic E-state index is 10.8. The van der Waals surface area contributed by atoms with Gasteiger partial charge in [-0.2, -0.15) is 8.42 Å². The van der Waals surface area contributed by atoms with Gasteiger partial charge in [-0.25, -0.2) is 0 Å². The molecule has 5 nitrogen and oxygen atoms in total. The molecule has 0 unspecified atom stereocenters. The molecule has 1 rings (SSSR count). The monoisotopic (exact) mass is 215 g/mol. The van der Waals surface area contributed by atoms with E-state index in [2.05, 4.69) is 0 Å². The molecule has 14 heavy (non-hydrogen) atoms. The van der Waals surface area contributed by atoms with Gasteiger partial charge in [0, 0.05) is 5.56 Å². The third-order valence-corrected chi connectivity index (χ3v) is 2.75. The molecule has 0 aromatic heterocycles. The van der Waals surface area contributed by atoms with Crippen LogP contribution in [-0.4, -0.2) is 18.9 Å². The second-order valence-electron chi connectivity index (χ2n) is 2.82. The summed E-state index contributed by atoms with van der Waals surface area (Å²) in [6.45, 7) is 1.51. The lowest BCUT2D eigenvalue weighted by Crippen LogP contribution is -2.12. The van der Waals surface area contributed by atoms with Crippen LogP contribution in [0.2, 0.25) is 0 Å². The Labute approximate surface area is 81.3 Å². The van der Waals surface area contributed by atoms with Crippen molar-refractivity contribution in [2.75, 3.05) is 0 Å². The quantitative estimate of drug-likeness (QED) is 0.695. The van der Waals surface area contributed by atoms with Gasteiger partial charge in [-0.1, -0.05) is 6.07 Å². The van der Waals surface area contributed by atoms with Gasteiger partial charge < -0.3 is 5.73 Å². The molecule has 0 atom stereocenters. The van der Waals surface area contributed by atoms with E-state index in [-0.39, 0.29) is 10.5 Å². The van der Waals surface area contributed by atoms with Crippen LogP contribution in [0.5, 0.6) is 0 Å². The second-order valence-corrected chi connectivity index (χ2v) is 4.21. The van der Waals surface area contributed by atoms with Gasteiger partial charge in [0.15, 0.2) is 0 Å². The average molecular weight is 215 g/mol. The fourth-order valence-corrected chi connectivity index (χ4v) is 1.78.